The summed E-state index contributed by atoms with van der Waals surface area (Å²) in [7, 11) is -4.17. The highest BCUT2D eigenvalue weighted by Gasteiger charge is 2.25. The number of anilines is 1. The van der Waals surface area contributed by atoms with E-state index in [4.69, 9.17) is 11.6 Å². The zero-order valence-electron chi connectivity index (χ0n) is 18.6. The minimum atomic E-state index is -4.17. The Morgan fingerprint density at radius 1 is 1.06 bits per heavy atom. The monoisotopic (exact) mass is 495 g/mol. The highest BCUT2D eigenvalue weighted by atomic mass is 35.5. The number of carbonyl (C=O) groups is 1. The van der Waals surface area contributed by atoms with E-state index in [0.29, 0.717) is 16.4 Å². The van der Waals surface area contributed by atoms with Crippen LogP contribution in [0.5, 0.6) is 0 Å². The standard InChI is InChI=1S/C25H22ClN3O4S/c1-3-17-6-4-5-7-21(17)28-23(30)15-29-14-22(24(31)20-13-8-16(2)27-25(20)29)34(32,33)19-11-9-18(26)10-12-19/h4-14H,3,15H2,1-2H3,(H,28,30). The molecule has 0 saturated carbocycles. The lowest BCUT2D eigenvalue weighted by Gasteiger charge is -2.15. The summed E-state index contributed by atoms with van der Waals surface area (Å²) in [6, 6.07) is 16.2. The molecule has 34 heavy (non-hydrogen) atoms. The Balaban J connectivity index is 1.82. The number of aromatic nitrogens is 2. The molecule has 1 N–H and O–H groups in total. The molecule has 9 heteroatoms. The Morgan fingerprint density at radius 2 is 1.76 bits per heavy atom. The zero-order chi connectivity index (χ0) is 24.5. The third-order valence-corrected chi connectivity index (χ3v) is 7.44. The molecule has 2 heterocycles. The molecule has 0 aliphatic rings. The van der Waals surface area contributed by atoms with Crippen molar-refractivity contribution in [2.45, 2.75) is 36.6 Å². The normalized spacial score (nSPS) is 11.5. The lowest BCUT2D eigenvalue weighted by atomic mass is 10.1. The third-order valence-electron chi connectivity index (χ3n) is 5.43. The maximum Gasteiger partial charge on any atom is 0.244 e. The molecule has 0 unspecified atom stereocenters. The van der Waals surface area contributed by atoms with Gasteiger partial charge < -0.3 is 9.88 Å². The highest BCUT2D eigenvalue weighted by molar-refractivity contribution is 7.91. The van der Waals surface area contributed by atoms with E-state index in [0.717, 1.165) is 12.0 Å². The van der Waals surface area contributed by atoms with Crippen molar-refractivity contribution < 1.29 is 13.2 Å². The van der Waals surface area contributed by atoms with Gasteiger partial charge in [-0.3, -0.25) is 9.59 Å². The van der Waals surface area contributed by atoms with Gasteiger partial charge in [-0.15, -0.1) is 0 Å². The summed E-state index contributed by atoms with van der Waals surface area (Å²) in [6.07, 6.45) is 1.92. The van der Waals surface area contributed by atoms with Crippen LogP contribution in [0.1, 0.15) is 18.2 Å². The molecule has 2 aromatic heterocycles. The topological polar surface area (TPSA) is 98.1 Å². The Hall–Kier alpha value is -3.49. The van der Waals surface area contributed by atoms with E-state index in [1.165, 1.54) is 41.1 Å². The Kier molecular flexibility index (Phi) is 6.54. The van der Waals surface area contributed by atoms with E-state index in [9.17, 15) is 18.0 Å². The maximum absolute atomic E-state index is 13.3. The van der Waals surface area contributed by atoms with Crippen molar-refractivity contribution >= 4 is 44.1 Å². The number of halogens is 1. The summed E-state index contributed by atoms with van der Waals surface area (Å²) < 4.78 is 28.0. The van der Waals surface area contributed by atoms with Crippen molar-refractivity contribution in [3.05, 3.63) is 93.4 Å². The summed E-state index contributed by atoms with van der Waals surface area (Å²) in [5.74, 6) is -0.371. The molecule has 174 valence electrons. The van der Waals surface area contributed by atoms with Crippen LogP contribution in [0.25, 0.3) is 11.0 Å². The first-order chi connectivity index (χ1) is 16.2. The summed E-state index contributed by atoms with van der Waals surface area (Å²) in [5.41, 5.74) is 1.84. The summed E-state index contributed by atoms with van der Waals surface area (Å²) >= 11 is 5.89. The fourth-order valence-electron chi connectivity index (χ4n) is 3.68. The van der Waals surface area contributed by atoms with E-state index < -0.39 is 20.2 Å². The lowest BCUT2D eigenvalue weighted by Crippen LogP contribution is -2.24. The van der Waals surface area contributed by atoms with E-state index >= 15 is 0 Å². The second-order valence-electron chi connectivity index (χ2n) is 7.79. The van der Waals surface area contributed by atoms with Crippen LogP contribution in [0.2, 0.25) is 5.02 Å². The minimum absolute atomic E-state index is 0.0682. The van der Waals surface area contributed by atoms with Crippen molar-refractivity contribution in [2.75, 3.05) is 5.32 Å². The fraction of sp³-hybridized carbons (Fsp3) is 0.160. The van der Waals surface area contributed by atoms with Gasteiger partial charge >= 0.3 is 0 Å². The first kappa shape index (κ1) is 23.7. The van der Waals surface area contributed by atoms with Crippen LogP contribution in [0.4, 0.5) is 5.69 Å². The van der Waals surface area contributed by atoms with Gasteiger partial charge in [0.25, 0.3) is 0 Å². The van der Waals surface area contributed by atoms with Crippen LogP contribution in [0.3, 0.4) is 0 Å². The molecule has 0 spiro atoms. The van der Waals surface area contributed by atoms with E-state index in [1.807, 2.05) is 25.1 Å². The number of benzene rings is 2. The Bertz CT molecular complexity index is 1560. The van der Waals surface area contributed by atoms with E-state index in [1.54, 1.807) is 19.1 Å². The van der Waals surface area contributed by atoms with Crippen molar-refractivity contribution in [3.8, 4) is 0 Å². The van der Waals surface area contributed by atoms with Gasteiger partial charge in [-0.25, -0.2) is 13.4 Å². The van der Waals surface area contributed by atoms with Crippen LogP contribution in [0, 0.1) is 6.92 Å². The smallest absolute Gasteiger partial charge is 0.244 e. The molecule has 0 bridgehead atoms. The number of rotatable bonds is 6. The number of aryl methyl sites for hydroxylation is 2. The Labute approximate surface area is 202 Å². The first-order valence-corrected chi connectivity index (χ1v) is 12.5. The molecule has 7 nitrogen and oxygen atoms in total. The molecule has 0 radical (unpaired) electrons. The average molecular weight is 496 g/mol. The third kappa shape index (κ3) is 4.60. The number of carbonyl (C=O) groups excluding carboxylic acids is 1. The number of hydrogen-bond donors (Lipinski definition) is 1. The molecule has 4 rings (SSSR count). The molecule has 2 aromatic carbocycles. The second-order valence-corrected chi connectivity index (χ2v) is 10.1. The number of fused-ring (bicyclic) bond motifs is 1. The summed E-state index contributed by atoms with van der Waals surface area (Å²) in [6.45, 7) is 3.51. The van der Waals surface area contributed by atoms with E-state index in [-0.39, 0.29) is 28.4 Å². The molecular formula is C25H22ClN3O4S. The molecule has 1 amide bonds. The van der Waals surface area contributed by atoms with Gasteiger partial charge in [0.1, 0.15) is 17.1 Å². The van der Waals surface area contributed by atoms with Crippen LogP contribution in [-0.2, 0) is 27.6 Å². The second kappa shape index (κ2) is 9.40. The first-order valence-electron chi connectivity index (χ1n) is 10.6. The van der Waals surface area contributed by atoms with Gasteiger partial charge in [0.2, 0.25) is 21.2 Å². The van der Waals surface area contributed by atoms with Crippen LogP contribution >= 0.6 is 11.6 Å². The molecular weight excluding hydrogens is 474 g/mol. The number of sulfone groups is 1. The van der Waals surface area contributed by atoms with Gasteiger partial charge in [-0.2, -0.15) is 0 Å². The van der Waals surface area contributed by atoms with Gasteiger partial charge in [-0.05, 0) is 61.4 Å². The zero-order valence-corrected chi connectivity index (χ0v) is 20.2. The molecule has 0 atom stereocenters. The van der Waals surface area contributed by atoms with Crippen molar-refractivity contribution in [2.24, 2.45) is 0 Å². The average Bonchev–Trinajstić information content (AvgIpc) is 2.81. The predicted octanol–water partition coefficient (Wildman–Crippen LogP) is 4.39. The fourth-order valence-corrected chi connectivity index (χ4v) is 5.18. The quantitative estimate of drug-likeness (QED) is 0.427. The predicted molar refractivity (Wildman–Crippen MR) is 132 cm³/mol. The molecule has 0 aliphatic carbocycles. The van der Waals surface area contributed by atoms with Gasteiger partial charge in [0.05, 0.1) is 10.3 Å². The molecule has 0 aliphatic heterocycles. The van der Waals surface area contributed by atoms with Crippen molar-refractivity contribution in [1.82, 2.24) is 9.55 Å². The molecule has 4 aromatic rings. The highest BCUT2D eigenvalue weighted by Crippen LogP contribution is 2.23. The number of nitrogens with zero attached hydrogens (tertiary/aromatic N) is 2. The van der Waals surface area contributed by atoms with Gasteiger partial charge in [-0.1, -0.05) is 36.7 Å². The summed E-state index contributed by atoms with van der Waals surface area (Å²) in [4.78, 5) is 30.0. The number of para-hydroxylation sites is 1. The van der Waals surface area contributed by atoms with Crippen LogP contribution in [-0.4, -0.2) is 23.9 Å². The number of pyridine rings is 2. The molecule has 0 saturated heterocycles. The van der Waals surface area contributed by atoms with Gasteiger partial charge in [0.15, 0.2) is 0 Å². The van der Waals surface area contributed by atoms with Crippen LogP contribution < -0.4 is 10.7 Å². The van der Waals surface area contributed by atoms with Gasteiger partial charge in [0, 0.05) is 22.6 Å². The number of hydrogen-bond acceptors (Lipinski definition) is 5. The number of nitrogens with one attached hydrogen (secondary N) is 1. The van der Waals surface area contributed by atoms with E-state index in [2.05, 4.69) is 10.3 Å². The van der Waals surface area contributed by atoms with Crippen molar-refractivity contribution in [3.63, 3.8) is 0 Å². The molecule has 0 fully saturated rings. The lowest BCUT2D eigenvalue weighted by molar-refractivity contribution is -0.116. The Morgan fingerprint density at radius 3 is 2.47 bits per heavy atom. The van der Waals surface area contributed by atoms with Crippen LogP contribution in [0.15, 0.2) is 81.4 Å². The maximum atomic E-state index is 13.3. The SMILES string of the molecule is CCc1ccccc1NC(=O)Cn1cc(S(=O)(=O)c2ccc(Cl)cc2)c(=O)c2ccc(C)nc21. The minimum Gasteiger partial charge on any atom is -0.324 e. The number of amides is 1. The van der Waals surface area contributed by atoms with Crippen molar-refractivity contribution in [1.29, 1.82) is 0 Å². The largest absolute Gasteiger partial charge is 0.324 e. The summed E-state index contributed by atoms with van der Waals surface area (Å²) in [5, 5.41) is 3.36.